The van der Waals surface area contributed by atoms with Crippen molar-refractivity contribution in [3.8, 4) is 11.3 Å². The number of nitrogens with one attached hydrogen (secondary N) is 1. The molecule has 0 spiro atoms. The van der Waals surface area contributed by atoms with Crippen LogP contribution in [0.3, 0.4) is 0 Å². The first-order valence-corrected chi connectivity index (χ1v) is 12.2. The number of pyridine rings is 1. The Morgan fingerprint density at radius 1 is 1.17 bits per heavy atom. The molecule has 1 unspecified atom stereocenters. The van der Waals surface area contributed by atoms with E-state index in [0.717, 1.165) is 21.3 Å². The van der Waals surface area contributed by atoms with E-state index in [-0.39, 0.29) is 17.7 Å². The molecule has 8 heteroatoms. The van der Waals surface area contributed by atoms with E-state index in [4.69, 9.17) is 9.47 Å². The Bertz CT molecular complexity index is 1380. The summed E-state index contributed by atoms with van der Waals surface area (Å²) in [7, 11) is 0. The summed E-state index contributed by atoms with van der Waals surface area (Å²) in [5.74, 6) is -1.30. The zero-order chi connectivity index (χ0) is 24.7. The van der Waals surface area contributed by atoms with Gasteiger partial charge in [0.15, 0.2) is 10.9 Å². The summed E-state index contributed by atoms with van der Waals surface area (Å²) in [5.41, 5.74) is 5.25. The van der Waals surface area contributed by atoms with E-state index < -0.39 is 11.6 Å². The number of halogens is 1. The lowest BCUT2D eigenvalue weighted by atomic mass is 10.1. The van der Waals surface area contributed by atoms with Crippen molar-refractivity contribution in [2.75, 3.05) is 11.9 Å². The molecule has 0 radical (unpaired) electrons. The van der Waals surface area contributed by atoms with Crippen molar-refractivity contribution < 1.29 is 18.7 Å². The van der Waals surface area contributed by atoms with Gasteiger partial charge in [0.05, 0.1) is 22.9 Å². The molecule has 1 atom stereocenters. The molecule has 5 rings (SSSR count). The number of hydrogen-bond acceptors (Lipinski definition) is 6. The average molecular weight is 492 g/mol. The molecule has 0 saturated carbocycles. The summed E-state index contributed by atoms with van der Waals surface area (Å²) in [6.07, 6.45) is 2.06. The minimum atomic E-state index is -0.615. The predicted molar refractivity (Wildman–Crippen MR) is 135 cm³/mol. The average Bonchev–Trinajstić information content (AvgIpc) is 3.35. The lowest BCUT2D eigenvalue weighted by Gasteiger charge is -2.17. The zero-order valence-corrected chi connectivity index (χ0v) is 20.8. The minimum absolute atomic E-state index is 0.127. The topological polar surface area (TPSA) is 73.3 Å². The van der Waals surface area contributed by atoms with Crippen molar-refractivity contribution in [3.05, 3.63) is 76.7 Å². The Hall–Kier alpha value is -3.20. The molecule has 1 fully saturated rings. The summed E-state index contributed by atoms with van der Waals surface area (Å²) in [6, 6.07) is 12.3. The monoisotopic (exact) mass is 491 g/mol. The number of aryl methyl sites for hydroxylation is 2. The van der Waals surface area contributed by atoms with E-state index in [1.807, 2.05) is 26.8 Å². The number of amides is 1. The standard InChI is InChI=1S/C27H26FN3O3S/c1-15-9-22-23(10-16(15)2)35-26(30-22)31-25(32)19-7-5-18(6-8-19)24-21(28)12-17(13-29-24)11-20-14-33-27(3,4)34-20/h5-10,12-13,20H,11,14H2,1-4H3,(H,30,31,32). The van der Waals surface area contributed by atoms with Crippen molar-refractivity contribution in [1.29, 1.82) is 0 Å². The van der Waals surface area contributed by atoms with Crippen LogP contribution < -0.4 is 5.32 Å². The molecule has 1 N–H and O–H groups in total. The zero-order valence-electron chi connectivity index (χ0n) is 20.0. The number of carbonyl (C=O) groups is 1. The second-order valence-corrected chi connectivity index (χ2v) is 10.3. The molecular formula is C27H26FN3O3S. The third kappa shape index (κ3) is 5.10. The van der Waals surface area contributed by atoms with Gasteiger partial charge in [-0.05, 0) is 74.7 Å². The number of carbonyl (C=O) groups excluding carboxylic acids is 1. The highest BCUT2D eigenvalue weighted by Gasteiger charge is 2.32. The third-order valence-electron chi connectivity index (χ3n) is 6.07. The molecular weight excluding hydrogens is 465 g/mol. The van der Waals surface area contributed by atoms with Crippen LogP contribution in [0.4, 0.5) is 9.52 Å². The lowest BCUT2D eigenvalue weighted by Crippen LogP contribution is -2.22. The fourth-order valence-electron chi connectivity index (χ4n) is 4.11. The largest absolute Gasteiger partial charge is 0.348 e. The third-order valence-corrected chi connectivity index (χ3v) is 7.01. The van der Waals surface area contributed by atoms with Crippen LogP contribution >= 0.6 is 11.3 Å². The van der Waals surface area contributed by atoms with Gasteiger partial charge in [0.1, 0.15) is 11.5 Å². The number of rotatable bonds is 5. The van der Waals surface area contributed by atoms with Crippen LogP contribution in [-0.2, 0) is 15.9 Å². The predicted octanol–water partition coefficient (Wildman–Crippen LogP) is 6.06. The van der Waals surface area contributed by atoms with E-state index in [2.05, 4.69) is 28.3 Å². The Labute approximate surface area is 207 Å². The van der Waals surface area contributed by atoms with Crippen LogP contribution in [0.5, 0.6) is 0 Å². The van der Waals surface area contributed by atoms with Crippen LogP contribution in [0.25, 0.3) is 21.5 Å². The van der Waals surface area contributed by atoms with Gasteiger partial charge >= 0.3 is 0 Å². The first kappa shape index (κ1) is 23.5. The van der Waals surface area contributed by atoms with Gasteiger partial charge in [-0.15, -0.1) is 0 Å². The van der Waals surface area contributed by atoms with Gasteiger partial charge in [0.2, 0.25) is 0 Å². The highest BCUT2D eigenvalue weighted by Crippen LogP contribution is 2.29. The van der Waals surface area contributed by atoms with E-state index in [0.29, 0.717) is 29.3 Å². The van der Waals surface area contributed by atoms with Crippen molar-refractivity contribution in [2.45, 2.75) is 46.0 Å². The maximum Gasteiger partial charge on any atom is 0.257 e. The van der Waals surface area contributed by atoms with Crippen molar-refractivity contribution in [2.24, 2.45) is 0 Å². The first-order chi connectivity index (χ1) is 16.7. The van der Waals surface area contributed by atoms with Crippen LogP contribution in [0.1, 0.15) is 40.9 Å². The van der Waals surface area contributed by atoms with E-state index in [1.165, 1.54) is 23.0 Å². The molecule has 2 aromatic heterocycles. The number of anilines is 1. The SMILES string of the molecule is Cc1cc2nc(NC(=O)c3ccc(-c4ncc(CC5COC(C)(C)O5)cc4F)cc3)sc2cc1C. The molecule has 1 amide bonds. The number of aromatic nitrogens is 2. The minimum Gasteiger partial charge on any atom is -0.348 e. The second kappa shape index (κ2) is 9.11. The van der Waals surface area contributed by atoms with Gasteiger partial charge in [0, 0.05) is 23.7 Å². The summed E-state index contributed by atoms with van der Waals surface area (Å²) in [6.45, 7) is 8.29. The fourth-order valence-corrected chi connectivity index (χ4v) is 5.05. The Balaban J connectivity index is 1.27. The number of ether oxygens (including phenoxy) is 2. The van der Waals surface area contributed by atoms with Crippen LogP contribution in [-0.4, -0.2) is 34.4 Å². The van der Waals surface area contributed by atoms with Crippen molar-refractivity contribution in [3.63, 3.8) is 0 Å². The Morgan fingerprint density at radius 3 is 2.60 bits per heavy atom. The highest BCUT2D eigenvalue weighted by molar-refractivity contribution is 7.22. The van der Waals surface area contributed by atoms with E-state index >= 15 is 0 Å². The molecule has 4 aromatic rings. The van der Waals surface area contributed by atoms with Gasteiger partial charge < -0.3 is 9.47 Å². The molecule has 3 heterocycles. The quantitative estimate of drug-likeness (QED) is 0.367. The summed E-state index contributed by atoms with van der Waals surface area (Å²) in [4.78, 5) is 21.6. The van der Waals surface area contributed by atoms with Crippen LogP contribution in [0.2, 0.25) is 0 Å². The van der Waals surface area contributed by atoms with E-state index in [9.17, 15) is 9.18 Å². The Kier molecular flexibility index (Phi) is 6.13. The molecule has 1 saturated heterocycles. The molecule has 2 aromatic carbocycles. The molecule has 6 nitrogen and oxygen atoms in total. The van der Waals surface area contributed by atoms with Gasteiger partial charge in [-0.3, -0.25) is 15.1 Å². The normalized spacial score (nSPS) is 17.1. The maximum atomic E-state index is 14.8. The number of fused-ring (bicyclic) bond motifs is 1. The number of benzene rings is 2. The molecule has 1 aliphatic rings. The van der Waals surface area contributed by atoms with Crippen molar-refractivity contribution in [1.82, 2.24) is 9.97 Å². The molecule has 1 aliphatic heterocycles. The summed E-state index contributed by atoms with van der Waals surface area (Å²) >= 11 is 1.44. The fraction of sp³-hybridized carbons (Fsp3) is 0.296. The summed E-state index contributed by atoms with van der Waals surface area (Å²) in [5, 5.41) is 3.41. The Morgan fingerprint density at radius 2 is 1.91 bits per heavy atom. The molecule has 35 heavy (non-hydrogen) atoms. The first-order valence-electron chi connectivity index (χ1n) is 11.4. The van der Waals surface area contributed by atoms with Gasteiger partial charge in [-0.25, -0.2) is 9.37 Å². The molecule has 0 aliphatic carbocycles. The lowest BCUT2D eigenvalue weighted by molar-refractivity contribution is -0.138. The second-order valence-electron chi connectivity index (χ2n) is 9.28. The molecule has 180 valence electrons. The maximum absolute atomic E-state index is 14.8. The van der Waals surface area contributed by atoms with Crippen molar-refractivity contribution >= 4 is 32.6 Å². The highest BCUT2D eigenvalue weighted by atomic mass is 32.1. The van der Waals surface area contributed by atoms with Gasteiger partial charge in [-0.1, -0.05) is 23.5 Å². The van der Waals surface area contributed by atoms with Crippen LogP contribution in [0, 0.1) is 19.7 Å². The van der Waals surface area contributed by atoms with Gasteiger partial charge in [0.25, 0.3) is 5.91 Å². The van der Waals surface area contributed by atoms with E-state index in [1.54, 1.807) is 30.5 Å². The number of hydrogen-bond donors (Lipinski definition) is 1. The number of thiazole rings is 1. The smallest absolute Gasteiger partial charge is 0.257 e. The number of nitrogens with zero attached hydrogens (tertiary/aromatic N) is 2. The van der Waals surface area contributed by atoms with Gasteiger partial charge in [-0.2, -0.15) is 0 Å². The molecule has 0 bridgehead atoms. The van der Waals surface area contributed by atoms with Crippen LogP contribution in [0.15, 0.2) is 48.7 Å². The summed E-state index contributed by atoms with van der Waals surface area (Å²) < 4.78 is 27.2.